The van der Waals surface area contributed by atoms with Crippen LogP contribution < -0.4 is 5.32 Å². The zero-order valence-corrected chi connectivity index (χ0v) is 10.5. The van der Waals surface area contributed by atoms with E-state index in [-0.39, 0.29) is 12.6 Å². The maximum Gasteiger partial charge on any atom is 0.261 e. The number of hydrogen-bond donors (Lipinski definition) is 1. The van der Waals surface area contributed by atoms with Crippen molar-refractivity contribution in [2.75, 3.05) is 20.3 Å². The van der Waals surface area contributed by atoms with Gasteiger partial charge >= 0.3 is 0 Å². The van der Waals surface area contributed by atoms with Crippen molar-refractivity contribution >= 4 is 0 Å². The van der Waals surface area contributed by atoms with E-state index in [1.165, 1.54) is 11.1 Å². The van der Waals surface area contributed by atoms with Crippen molar-refractivity contribution in [3.63, 3.8) is 0 Å². The van der Waals surface area contributed by atoms with Crippen LogP contribution in [0.3, 0.4) is 0 Å². The molecule has 0 radical (unpaired) electrons. The lowest BCUT2D eigenvalue weighted by Crippen LogP contribution is -2.23. The fraction of sp³-hybridized carbons (Fsp3) is 0.538. The summed E-state index contributed by atoms with van der Waals surface area (Å²) in [4.78, 5) is 0. The summed E-state index contributed by atoms with van der Waals surface area (Å²) in [7, 11) is 1.80. The molecule has 0 saturated carbocycles. The van der Waals surface area contributed by atoms with Crippen molar-refractivity contribution in [1.29, 1.82) is 0 Å². The Hall–Kier alpha value is -1.00. The minimum Gasteiger partial charge on any atom is -0.374 e. The summed E-state index contributed by atoms with van der Waals surface area (Å²) in [6.07, 6.45) is -2.41. The van der Waals surface area contributed by atoms with Crippen LogP contribution in [0.5, 0.6) is 0 Å². The third-order valence-electron chi connectivity index (χ3n) is 2.81. The van der Waals surface area contributed by atoms with Gasteiger partial charge in [0.2, 0.25) is 0 Å². The van der Waals surface area contributed by atoms with Crippen LogP contribution in [-0.4, -0.2) is 26.7 Å². The van der Waals surface area contributed by atoms with Gasteiger partial charge in [0.05, 0.1) is 12.6 Å². The van der Waals surface area contributed by atoms with E-state index in [0.717, 1.165) is 5.56 Å². The molecule has 96 valence electrons. The second kappa shape index (κ2) is 6.67. The fourth-order valence-electron chi connectivity index (χ4n) is 1.60. The molecule has 0 heterocycles. The average Bonchev–Trinajstić information content (AvgIpc) is 2.28. The van der Waals surface area contributed by atoms with Crippen LogP contribution in [0, 0.1) is 13.8 Å². The Morgan fingerprint density at radius 2 is 1.88 bits per heavy atom. The second-order valence-corrected chi connectivity index (χ2v) is 4.11. The molecule has 2 nitrogen and oxygen atoms in total. The number of alkyl halides is 2. The van der Waals surface area contributed by atoms with E-state index >= 15 is 0 Å². The lowest BCUT2D eigenvalue weighted by Gasteiger charge is -2.18. The SMILES string of the molecule is CNC(COCC(F)F)c1ccc(C)c(C)c1. The molecule has 4 heteroatoms. The molecular weight excluding hydrogens is 224 g/mol. The number of halogens is 2. The minimum absolute atomic E-state index is 0.0481. The Morgan fingerprint density at radius 1 is 1.18 bits per heavy atom. The molecule has 0 aliphatic rings. The van der Waals surface area contributed by atoms with Crippen LogP contribution in [0.2, 0.25) is 0 Å². The van der Waals surface area contributed by atoms with Gasteiger partial charge in [0, 0.05) is 0 Å². The molecule has 0 fully saturated rings. The second-order valence-electron chi connectivity index (χ2n) is 4.11. The van der Waals surface area contributed by atoms with Gasteiger partial charge in [0.15, 0.2) is 0 Å². The summed E-state index contributed by atoms with van der Waals surface area (Å²) in [5.41, 5.74) is 3.47. The van der Waals surface area contributed by atoms with Gasteiger partial charge in [-0.2, -0.15) is 0 Å². The third kappa shape index (κ3) is 4.40. The predicted octanol–water partition coefficient (Wildman–Crippen LogP) is 2.85. The van der Waals surface area contributed by atoms with Crippen molar-refractivity contribution < 1.29 is 13.5 Å². The quantitative estimate of drug-likeness (QED) is 0.829. The van der Waals surface area contributed by atoms with E-state index in [4.69, 9.17) is 4.74 Å². The maximum atomic E-state index is 12.0. The zero-order valence-electron chi connectivity index (χ0n) is 10.5. The van der Waals surface area contributed by atoms with Gasteiger partial charge in [-0.25, -0.2) is 8.78 Å². The van der Waals surface area contributed by atoms with Crippen LogP contribution in [-0.2, 0) is 4.74 Å². The molecule has 1 aromatic rings. The Kier molecular flexibility index (Phi) is 5.51. The summed E-state index contributed by atoms with van der Waals surface area (Å²) in [5.74, 6) is 0. The average molecular weight is 243 g/mol. The third-order valence-corrected chi connectivity index (χ3v) is 2.81. The molecule has 1 rings (SSSR count). The first kappa shape index (κ1) is 14.1. The standard InChI is InChI=1S/C13H19F2NO/c1-9-4-5-11(6-10(9)2)12(16-3)7-17-8-13(14)15/h4-6,12-13,16H,7-8H2,1-3H3. The highest BCUT2D eigenvalue weighted by molar-refractivity contribution is 5.31. The van der Waals surface area contributed by atoms with Gasteiger partial charge in [-0.1, -0.05) is 18.2 Å². The van der Waals surface area contributed by atoms with Crippen molar-refractivity contribution in [2.24, 2.45) is 0 Å². The Bertz CT molecular complexity index is 355. The Labute approximate surface area is 101 Å². The van der Waals surface area contributed by atoms with Crippen molar-refractivity contribution in [2.45, 2.75) is 26.3 Å². The molecule has 17 heavy (non-hydrogen) atoms. The largest absolute Gasteiger partial charge is 0.374 e. The first-order chi connectivity index (χ1) is 8.04. The van der Waals surface area contributed by atoms with E-state index in [1.54, 1.807) is 7.05 Å². The van der Waals surface area contributed by atoms with Gasteiger partial charge in [-0.05, 0) is 37.6 Å². The number of rotatable bonds is 6. The van der Waals surface area contributed by atoms with Gasteiger partial charge in [-0.15, -0.1) is 0 Å². The molecular formula is C13H19F2NO. The molecule has 0 aliphatic carbocycles. The van der Waals surface area contributed by atoms with Gasteiger partial charge in [0.1, 0.15) is 6.61 Å². The summed E-state index contributed by atoms with van der Waals surface area (Å²) < 4.78 is 28.9. The van der Waals surface area contributed by atoms with Crippen molar-refractivity contribution in [3.05, 3.63) is 34.9 Å². The van der Waals surface area contributed by atoms with Crippen molar-refractivity contribution in [3.8, 4) is 0 Å². The van der Waals surface area contributed by atoms with Crippen LogP contribution in [0.1, 0.15) is 22.7 Å². The van der Waals surface area contributed by atoms with E-state index in [1.807, 2.05) is 26.0 Å². The van der Waals surface area contributed by atoms with Crippen molar-refractivity contribution in [1.82, 2.24) is 5.32 Å². The first-order valence-corrected chi connectivity index (χ1v) is 5.65. The number of aryl methyl sites for hydroxylation is 2. The summed E-state index contributed by atoms with van der Waals surface area (Å²) in [6.45, 7) is 3.82. The normalized spacial score (nSPS) is 13.1. The molecule has 0 bridgehead atoms. The predicted molar refractivity (Wildman–Crippen MR) is 64.5 cm³/mol. The van der Waals surface area contributed by atoms with Crippen LogP contribution >= 0.6 is 0 Å². The number of likely N-dealkylation sites (N-methyl/N-ethyl adjacent to an activating group) is 1. The molecule has 0 saturated heterocycles. The number of ether oxygens (including phenoxy) is 1. The number of nitrogens with one attached hydrogen (secondary N) is 1. The molecule has 0 aromatic heterocycles. The van der Waals surface area contributed by atoms with E-state index in [0.29, 0.717) is 0 Å². The lowest BCUT2D eigenvalue weighted by molar-refractivity contribution is 0.00985. The molecule has 1 aromatic carbocycles. The van der Waals surface area contributed by atoms with Crippen LogP contribution in [0.4, 0.5) is 8.78 Å². The van der Waals surface area contributed by atoms with Crippen LogP contribution in [0.15, 0.2) is 18.2 Å². The Morgan fingerprint density at radius 3 is 2.41 bits per heavy atom. The smallest absolute Gasteiger partial charge is 0.261 e. The van der Waals surface area contributed by atoms with Gasteiger partial charge < -0.3 is 10.1 Å². The topological polar surface area (TPSA) is 21.3 Å². The van der Waals surface area contributed by atoms with E-state index < -0.39 is 13.0 Å². The maximum absolute atomic E-state index is 12.0. The number of benzene rings is 1. The van der Waals surface area contributed by atoms with E-state index in [9.17, 15) is 8.78 Å². The summed E-state index contributed by atoms with van der Waals surface area (Å²) in [6, 6.07) is 6.03. The zero-order chi connectivity index (χ0) is 12.8. The fourth-order valence-corrected chi connectivity index (χ4v) is 1.60. The van der Waals surface area contributed by atoms with E-state index in [2.05, 4.69) is 11.4 Å². The number of hydrogen-bond acceptors (Lipinski definition) is 2. The van der Waals surface area contributed by atoms with Crippen LogP contribution in [0.25, 0.3) is 0 Å². The summed E-state index contributed by atoms with van der Waals surface area (Å²) in [5, 5.41) is 3.07. The summed E-state index contributed by atoms with van der Waals surface area (Å²) >= 11 is 0. The molecule has 1 N–H and O–H groups in total. The highest BCUT2D eigenvalue weighted by Crippen LogP contribution is 2.17. The lowest BCUT2D eigenvalue weighted by atomic mass is 10.0. The first-order valence-electron chi connectivity index (χ1n) is 5.65. The highest BCUT2D eigenvalue weighted by Gasteiger charge is 2.11. The molecule has 0 aliphatic heterocycles. The molecule has 1 atom stereocenters. The highest BCUT2D eigenvalue weighted by atomic mass is 19.3. The Balaban J connectivity index is 2.62. The monoisotopic (exact) mass is 243 g/mol. The van der Waals surface area contributed by atoms with Gasteiger partial charge in [0.25, 0.3) is 6.43 Å². The minimum atomic E-state index is -2.41. The molecule has 0 spiro atoms. The van der Waals surface area contributed by atoms with Gasteiger partial charge in [-0.3, -0.25) is 0 Å². The molecule has 1 unspecified atom stereocenters. The molecule has 0 amide bonds.